The van der Waals surface area contributed by atoms with Gasteiger partial charge in [-0.1, -0.05) is 6.07 Å². The molecule has 9 heteroatoms. The van der Waals surface area contributed by atoms with Crippen molar-refractivity contribution < 1.29 is 24.6 Å². The molecule has 5 rings (SSSR count). The van der Waals surface area contributed by atoms with Crippen LogP contribution in [0.15, 0.2) is 36.5 Å². The van der Waals surface area contributed by atoms with E-state index in [0.717, 1.165) is 17.4 Å². The molecular formula is C19H22N4O5. The molecular weight excluding hydrogens is 364 g/mol. The molecule has 3 aliphatic rings. The minimum atomic E-state index is -1.26. The van der Waals surface area contributed by atoms with Gasteiger partial charge in [-0.25, -0.2) is 9.59 Å². The molecule has 1 amide bonds. The van der Waals surface area contributed by atoms with Gasteiger partial charge in [0, 0.05) is 35.7 Å². The van der Waals surface area contributed by atoms with Gasteiger partial charge in [0.25, 0.3) is 5.91 Å². The number of piperidine rings is 3. The average Bonchev–Trinajstić information content (AvgIpc) is 3.15. The fraction of sp³-hybridized carbons (Fsp3) is 0.368. The number of H-pyrrole nitrogens is 1. The predicted octanol–water partition coefficient (Wildman–Crippen LogP) is 1.10. The minimum absolute atomic E-state index is 0.0280. The Morgan fingerprint density at radius 3 is 2.39 bits per heavy atom. The van der Waals surface area contributed by atoms with Crippen molar-refractivity contribution in [1.82, 2.24) is 20.4 Å². The lowest BCUT2D eigenvalue weighted by atomic mass is 9.84. The Morgan fingerprint density at radius 2 is 1.82 bits per heavy atom. The van der Waals surface area contributed by atoms with Crippen LogP contribution in [0, 0.1) is 5.92 Å². The van der Waals surface area contributed by atoms with E-state index >= 15 is 0 Å². The number of nitrogens with one attached hydrogen (secondary N) is 2. The van der Waals surface area contributed by atoms with Crippen LogP contribution in [0.1, 0.15) is 23.2 Å². The highest BCUT2D eigenvalue weighted by molar-refractivity contribution is 5.97. The lowest BCUT2D eigenvalue weighted by Crippen LogP contribution is -2.57. The van der Waals surface area contributed by atoms with Gasteiger partial charge in [0.05, 0.1) is 11.7 Å². The monoisotopic (exact) mass is 386 g/mol. The number of fused-ring (bicyclic) bond motifs is 4. The maximum atomic E-state index is 12.4. The fourth-order valence-electron chi connectivity index (χ4n) is 3.60. The van der Waals surface area contributed by atoms with E-state index in [2.05, 4.69) is 20.4 Å². The van der Waals surface area contributed by atoms with E-state index in [1.54, 1.807) is 6.20 Å². The molecule has 0 unspecified atom stereocenters. The number of hydrogen-bond donors (Lipinski definition) is 4. The number of benzene rings is 1. The van der Waals surface area contributed by atoms with Crippen LogP contribution in [0.25, 0.3) is 10.9 Å². The number of carboxylic acid groups (broad SMARTS) is 2. The largest absolute Gasteiger partial charge is 0.478 e. The molecule has 4 heterocycles. The topological polar surface area (TPSA) is 136 Å². The van der Waals surface area contributed by atoms with Crippen molar-refractivity contribution >= 4 is 28.7 Å². The zero-order chi connectivity index (χ0) is 20.1. The van der Waals surface area contributed by atoms with Gasteiger partial charge in [-0.3, -0.25) is 9.89 Å². The normalized spacial score (nSPS) is 23.2. The molecule has 148 valence electrons. The highest BCUT2D eigenvalue weighted by Gasteiger charge is 2.34. The Morgan fingerprint density at radius 1 is 1.14 bits per heavy atom. The van der Waals surface area contributed by atoms with Crippen molar-refractivity contribution in [2.75, 3.05) is 19.6 Å². The lowest BCUT2D eigenvalue weighted by Gasteiger charge is -2.44. The molecule has 4 N–H and O–H groups in total. The third kappa shape index (κ3) is 4.95. The van der Waals surface area contributed by atoms with Crippen LogP contribution >= 0.6 is 0 Å². The van der Waals surface area contributed by atoms with E-state index in [0.29, 0.717) is 29.7 Å². The summed E-state index contributed by atoms with van der Waals surface area (Å²) in [5, 5.41) is 26.8. The van der Waals surface area contributed by atoms with Gasteiger partial charge in [0.1, 0.15) is 0 Å². The number of carboxylic acids is 2. The Kier molecular flexibility index (Phi) is 6.05. The summed E-state index contributed by atoms with van der Waals surface area (Å²) in [4.78, 5) is 33.9. The number of nitrogens with zero attached hydrogens (tertiary/aromatic N) is 2. The molecule has 28 heavy (non-hydrogen) atoms. The predicted molar refractivity (Wildman–Crippen MR) is 101 cm³/mol. The smallest absolute Gasteiger partial charge is 0.328 e. The summed E-state index contributed by atoms with van der Waals surface area (Å²) >= 11 is 0. The maximum absolute atomic E-state index is 12.4. The van der Waals surface area contributed by atoms with E-state index in [4.69, 9.17) is 10.2 Å². The van der Waals surface area contributed by atoms with Gasteiger partial charge in [0.15, 0.2) is 0 Å². The van der Waals surface area contributed by atoms with Gasteiger partial charge in [-0.2, -0.15) is 5.10 Å². The molecule has 2 aromatic rings. The lowest BCUT2D eigenvalue weighted by molar-refractivity contribution is -0.134. The fourth-order valence-corrected chi connectivity index (χ4v) is 3.60. The molecule has 3 fully saturated rings. The summed E-state index contributed by atoms with van der Waals surface area (Å²) in [5.41, 5.74) is 1.62. The zero-order valence-electron chi connectivity index (χ0n) is 15.2. The highest BCUT2D eigenvalue weighted by atomic mass is 16.4. The summed E-state index contributed by atoms with van der Waals surface area (Å²) in [6, 6.07) is 5.99. The van der Waals surface area contributed by atoms with Crippen LogP contribution in [0.5, 0.6) is 0 Å². The van der Waals surface area contributed by atoms with Crippen LogP contribution in [-0.4, -0.2) is 68.8 Å². The Hall–Kier alpha value is -3.20. The number of aliphatic carboxylic acids is 2. The number of carbonyl (C=O) groups is 3. The van der Waals surface area contributed by atoms with Crippen LogP contribution in [0.2, 0.25) is 0 Å². The van der Waals surface area contributed by atoms with Crippen molar-refractivity contribution in [2.45, 2.75) is 18.9 Å². The third-order valence-corrected chi connectivity index (χ3v) is 5.05. The summed E-state index contributed by atoms with van der Waals surface area (Å²) < 4.78 is 0. The first-order valence-electron chi connectivity index (χ1n) is 9.02. The van der Waals surface area contributed by atoms with Crippen LogP contribution in [0.4, 0.5) is 0 Å². The number of aromatic amines is 1. The SMILES string of the molecule is O=C(N[C@H]1CN2CCC1CC2)c1ccc2cn[nH]c2c1.O=C(O)C=CC(=O)O. The van der Waals surface area contributed by atoms with Gasteiger partial charge in [-0.15, -0.1) is 0 Å². The van der Waals surface area contributed by atoms with Crippen LogP contribution in [0.3, 0.4) is 0 Å². The first-order chi connectivity index (χ1) is 13.4. The molecule has 9 nitrogen and oxygen atoms in total. The summed E-state index contributed by atoms with van der Waals surface area (Å²) in [6.07, 6.45) is 5.31. The molecule has 0 saturated carbocycles. The first-order valence-corrected chi connectivity index (χ1v) is 9.02. The summed E-state index contributed by atoms with van der Waals surface area (Å²) in [7, 11) is 0. The molecule has 1 aromatic carbocycles. The van der Waals surface area contributed by atoms with E-state index in [1.165, 1.54) is 25.9 Å². The van der Waals surface area contributed by atoms with Crippen molar-refractivity contribution in [3.63, 3.8) is 0 Å². The maximum Gasteiger partial charge on any atom is 0.328 e. The van der Waals surface area contributed by atoms with Gasteiger partial charge in [0.2, 0.25) is 0 Å². The minimum Gasteiger partial charge on any atom is -0.478 e. The molecule has 2 bridgehead atoms. The van der Waals surface area contributed by atoms with E-state index in [9.17, 15) is 14.4 Å². The van der Waals surface area contributed by atoms with E-state index in [-0.39, 0.29) is 5.91 Å². The van der Waals surface area contributed by atoms with E-state index in [1.807, 2.05) is 18.2 Å². The zero-order valence-corrected chi connectivity index (χ0v) is 15.2. The number of amides is 1. The summed E-state index contributed by atoms with van der Waals surface area (Å²) in [6.45, 7) is 3.39. The second kappa shape index (κ2) is 8.66. The first kappa shape index (κ1) is 19.6. The van der Waals surface area contributed by atoms with Crippen molar-refractivity contribution in [3.8, 4) is 0 Å². The van der Waals surface area contributed by atoms with Gasteiger partial charge >= 0.3 is 11.9 Å². The van der Waals surface area contributed by atoms with Crippen molar-refractivity contribution in [2.24, 2.45) is 5.92 Å². The second-order valence-corrected chi connectivity index (χ2v) is 6.90. The van der Waals surface area contributed by atoms with Crippen molar-refractivity contribution in [3.05, 3.63) is 42.1 Å². The quantitative estimate of drug-likeness (QED) is 0.578. The van der Waals surface area contributed by atoms with Crippen LogP contribution in [-0.2, 0) is 9.59 Å². The van der Waals surface area contributed by atoms with Crippen molar-refractivity contribution in [1.29, 1.82) is 0 Å². The van der Waals surface area contributed by atoms with Gasteiger partial charge < -0.3 is 20.4 Å². The second-order valence-electron chi connectivity index (χ2n) is 6.90. The molecule has 0 aliphatic carbocycles. The number of hydrogen-bond acceptors (Lipinski definition) is 5. The number of aromatic nitrogens is 2. The van der Waals surface area contributed by atoms with Crippen LogP contribution < -0.4 is 5.32 Å². The molecule has 1 aromatic heterocycles. The summed E-state index contributed by atoms with van der Waals surface area (Å²) in [5.74, 6) is -1.83. The van der Waals surface area contributed by atoms with E-state index < -0.39 is 11.9 Å². The molecule has 1 atom stereocenters. The molecule has 3 aliphatic heterocycles. The average molecular weight is 386 g/mol. The Bertz CT molecular complexity index is 883. The number of rotatable bonds is 4. The standard InChI is InChI=1S/C15H18N4O.C4H4O4/c20-15(11-1-2-12-8-16-18-13(12)7-11)17-14-9-19-5-3-10(14)4-6-19;5-3(6)1-2-4(7)8/h1-2,7-8,10,14H,3-6,9H2,(H,16,18)(H,17,20);1-2H,(H,5,6)(H,7,8)/t14-;/m0./s1. The number of carbonyl (C=O) groups excluding carboxylic acids is 1. The highest BCUT2D eigenvalue weighted by Crippen LogP contribution is 2.27. The third-order valence-electron chi connectivity index (χ3n) is 5.05. The Balaban J connectivity index is 0.000000242. The molecule has 0 spiro atoms. The molecule has 3 saturated heterocycles. The molecule has 0 radical (unpaired) electrons. The Labute approximate surface area is 161 Å². The van der Waals surface area contributed by atoms with Gasteiger partial charge in [-0.05, 0) is 44.0 Å².